The molecule has 4 N–H and O–H groups in total. The summed E-state index contributed by atoms with van der Waals surface area (Å²) in [5.41, 5.74) is 13.9. The van der Waals surface area contributed by atoms with Crippen LogP contribution in [-0.4, -0.2) is 16.6 Å². The Morgan fingerprint density at radius 2 is 1.00 bits per heavy atom. The summed E-state index contributed by atoms with van der Waals surface area (Å²) in [6.07, 6.45) is 0. The van der Waals surface area contributed by atoms with Gasteiger partial charge in [0.2, 0.25) is 16.6 Å². The van der Waals surface area contributed by atoms with Crippen molar-refractivity contribution in [2.45, 2.75) is 26.2 Å². The van der Waals surface area contributed by atoms with Crippen LogP contribution >= 0.6 is 0 Å². The number of hydrogen-bond donors (Lipinski definition) is 2. The Kier molecular flexibility index (Phi) is 4.27. The van der Waals surface area contributed by atoms with Crippen LogP contribution in [0.1, 0.15) is 0 Å². The number of nitrogen functional groups attached to an aromatic ring is 2. The molecule has 112 valence electrons. The molecule has 0 bridgehead atoms. The molecule has 0 amide bonds. The van der Waals surface area contributed by atoms with E-state index in [1.165, 1.54) is 0 Å². The SMILES string of the molecule is C[Si](C)(O[Si](C)(C)c1ccccc1N)c1ccccc1N. The van der Waals surface area contributed by atoms with Gasteiger partial charge < -0.3 is 15.6 Å². The summed E-state index contributed by atoms with van der Waals surface area (Å²) in [6.45, 7) is 8.80. The zero-order valence-electron chi connectivity index (χ0n) is 13.2. The minimum Gasteiger partial charge on any atom is -0.449 e. The van der Waals surface area contributed by atoms with Crippen LogP contribution < -0.4 is 21.8 Å². The third-order valence-electron chi connectivity index (χ3n) is 3.73. The van der Waals surface area contributed by atoms with Crippen molar-refractivity contribution in [3.05, 3.63) is 48.5 Å². The van der Waals surface area contributed by atoms with Crippen molar-refractivity contribution in [1.29, 1.82) is 0 Å². The van der Waals surface area contributed by atoms with Crippen LogP contribution in [0.25, 0.3) is 0 Å². The van der Waals surface area contributed by atoms with Gasteiger partial charge >= 0.3 is 0 Å². The van der Waals surface area contributed by atoms with E-state index >= 15 is 0 Å². The Morgan fingerprint density at radius 1 is 0.667 bits per heavy atom. The molecule has 0 heterocycles. The van der Waals surface area contributed by atoms with E-state index in [1.54, 1.807) is 0 Å². The number of hydrogen-bond acceptors (Lipinski definition) is 3. The first-order valence-electron chi connectivity index (χ1n) is 7.14. The van der Waals surface area contributed by atoms with Gasteiger partial charge in [-0.1, -0.05) is 36.4 Å². The third-order valence-corrected chi connectivity index (χ3v) is 11.3. The molecule has 0 aliphatic rings. The van der Waals surface area contributed by atoms with Crippen molar-refractivity contribution in [1.82, 2.24) is 0 Å². The van der Waals surface area contributed by atoms with E-state index in [0.717, 1.165) is 21.7 Å². The summed E-state index contributed by atoms with van der Waals surface area (Å²) in [4.78, 5) is 0. The Bertz CT molecular complexity index is 586. The molecular weight excluding hydrogens is 292 g/mol. The molecule has 0 unspecified atom stereocenters. The molecule has 3 nitrogen and oxygen atoms in total. The zero-order chi connectivity index (χ0) is 15.7. The minimum absolute atomic E-state index is 0.819. The van der Waals surface area contributed by atoms with Gasteiger partial charge in [0.25, 0.3) is 0 Å². The molecule has 2 aromatic carbocycles. The van der Waals surface area contributed by atoms with E-state index in [2.05, 4.69) is 38.3 Å². The summed E-state index contributed by atoms with van der Waals surface area (Å²) in [6, 6.07) is 16.0. The third kappa shape index (κ3) is 3.37. The van der Waals surface area contributed by atoms with E-state index in [9.17, 15) is 0 Å². The molecule has 2 rings (SSSR count). The smallest absolute Gasteiger partial charge is 0.208 e. The van der Waals surface area contributed by atoms with Crippen molar-refractivity contribution in [2.75, 3.05) is 11.5 Å². The highest BCUT2D eigenvalue weighted by atomic mass is 28.4. The average Bonchev–Trinajstić information content (AvgIpc) is 2.38. The lowest BCUT2D eigenvalue weighted by molar-refractivity contribution is 0.573. The summed E-state index contributed by atoms with van der Waals surface area (Å²) >= 11 is 0. The maximum Gasteiger partial charge on any atom is 0.208 e. The molecule has 0 spiro atoms. The van der Waals surface area contributed by atoms with Crippen LogP contribution in [0.2, 0.25) is 26.2 Å². The van der Waals surface area contributed by atoms with Crippen molar-refractivity contribution in [3.8, 4) is 0 Å². The Morgan fingerprint density at radius 3 is 1.33 bits per heavy atom. The van der Waals surface area contributed by atoms with Crippen LogP contribution in [0.3, 0.4) is 0 Å². The van der Waals surface area contributed by atoms with Gasteiger partial charge in [-0.2, -0.15) is 0 Å². The quantitative estimate of drug-likeness (QED) is 0.672. The highest BCUT2D eigenvalue weighted by Crippen LogP contribution is 2.19. The fraction of sp³-hybridized carbons (Fsp3) is 0.250. The molecular formula is C16H24N2OSi2. The molecule has 0 radical (unpaired) electrons. The van der Waals surface area contributed by atoms with Crippen molar-refractivity contribution in [2.24, 2.45) is 0 Å². The number of nitrogens with two attached hydrogens (primary N) is 2. The number of rotatable bonds is 4. The van der Waals surface area contributed by atoms with Gasteiger partial charge in [-0.3, -0.25) is 0 Å². The molecule has 0 saturated carbocycles. The Balaban J connectivity index is 2.36. The van der Waals surface area contributed by atoms with Crippen molar-refractivity contribution < 1.29 is 4.12 Å². The molecule has 0 aromatic heterocycles. The lowest BCUT2D eigenvalue weighted by Crippen LogP contribution is -2.58. The average molecular weight is 317 g/mol. The van der Waals surface area contributed by atoms with Gasteiger partial charge in [0, 0.05) is 11.4 Å². The Labute approximate surface area is 129 Å². The van der Waals surface area contributed by atoms with E-state index in [-0.39, 0.29) is 0 Å². The van der Waals surface area contributed by atoms with Gasteiger partial charge in [-0.05, 0) is 48.7 Å². The van der Waals surface area contributed by atoms with Crippen LogP contribution in [0.15, 0.2) is 48.5 Å². The van der Waals surface area contributed by atoms with Gasteiger partial charge in [0.05, 0.1) is 0 Å². The largest absolute Gasteiger partial charge is 0.449 e. The molecule has 0 fully saturated rings. The van der Waals surface area contributed by atoms with Crippen LogP contribution in [0.4, 0.5) is 11.4 Å². The second-order valence-electron chi connectivity index (χ2n) is 6.30. The maximum atomic E-state index is 6.68. The fourth-order valence-electron chi connectivity index (χ4n) is 2.84. The van der Waals surface area contributed by atoms with Gasteiger partial charge in [-0.25, -0.2) is 0 Å². The van der Waals surface area contributed by atoms with Gasteiger partial charge in [0.1, 0.15) is 0 Å². The monoisotopic (exact) mass is 316 g/mol. The normalized spacial score (nSPS) is 12.4. The zero-order valence-corrected chi connectivity index (χ0v) is 15.2. The van der Waals surface area contributed by atoms with Crippen LogP contribution in [0, 0.1) is 0 Å². The lowest BCUT2D eigenvalue weighted by atomic mass is 10.3. The first kappa shape index (κ1) is 15.8. The van der Waals surface area contributed by atoms with E-state index < -0.39 is 16.6 Å². The summed E-state index contributed by atoms with van der Waals surface area (Å²) in [5.74, 6) is 0. The van der Waals surface area contributed by atoms with Crippen molar-refractivity contribution in [3.63, 3.8) is 0 Å². The summed E-state index contributed by atoms with van der Waals surface area (Å²) in [5, 5.41) is 2.31. The Hall–Kier alpha value is -1.57. The highest BCUT2D eigenvalue weighted by Gasteiger charge is 2.37. The number of benzene rings is 2. The number of anilines is 2. The van der Waals surface area contributed by atoms with Gasteiger partial charge in [-0.15, -0.1) is 0 Å². The van der Waals surface area contributed by atoms with Crippen molar-refractivity contribution >= 4 is 38.4 Å². The molecule has 21 heavy (non-hydrogen) atoms. The van der Waals surface area contributed by atoms with E-state index in [4.69, 9.17) is 15.6 Å². The minimum atomic E-state index is -2.08. The van der Waals surface area contributed by atoms with E-state index in [0.29, 0.717) is 0 Å². The second kappa shape index (κ2) is 5.67. The van der Waals surface area contributed by atoms with E-state index in [1.807, 2.05) is 36.4 Å². The molecule has 2 aromatic rings. The summed E-state index contributed by atoms with van der Waals surface area (Å²) in [7, 11) is -4.17. The lowest BCUT2D eigenvalue weighted by Gasteiger charge is -2.35. The first-order valence-corrected chi connectivity index (χ1v) is 13.0. The highest BCUT2D eigenvalue weighted by molar-refractivity contribution is 6.97. The van der Waals surface area contributed by atoms with Crippen LogP contribution in [-0.2, 0) is 4.12 Å². The number of para-hydroxylation sites is 2. The molecule has 5 heteroatoms. The standard InChI is InChI=1S/C16H24N2OSi2/c1-20(2,15-11-7-5-9-13(15)17)19-21(3,4)16-12-8-6-10-14(16)18/h5-12H,17-18H2,1-4H3. The maximum absolute atomic E-state index is 6.68. The fourth-order valence-corrected chi connectivity index (χ4v) is 11.4. The molecule has 0 aliphatic carbocycles. The predicted molar refractivity (Wildman–Crippen MR) is 97.0 cm³/mol. The predicted octanol–water partition coefficient (Wildman–Crippen LogP) is 2.39. The topological polar surface area (TPSA) is 61.3 Å². The molecule has 0 saturated heterocycles. The second-order valence-corrected chi connectivity index (χ2v) is 14.2. The van der Waals surface area contributed by atoms with Crippen LogP contribution in [0.5, 0.6) is 0 Å². The molecule has 0 aliphatic heterocycles. The summed E-state index contributed by atoms with van der Waals surface area (Å²) < 4.78 is 6.68. The molecule has 0 atom stereocenters. The van der Waals surface area contributed by atoms with Gasteiger partial charge in [0.15, 0.2) is 0 Å². The first-order chi connectivity index (χ1) is 9.74.